The fraction of sp³-hybridized carbons (Fsp3) is 0.900. The standard InChI is InChI=1S/C10H20N2O/c1-4-12(6-7(2)3)10(13)8-5-9(8)11/h7-9H,4-6,11H2,1-3H3. The van der Waals surface area contributed by atoms with E-state index in [0.29, 0.717) is 5.92 Å². The Hall–Kier alpha value is -0.570. The molecule has 0 aliphatic heterocycles. The molecule has 1 aliphatic carbocycles. The van der Waals surface area contributed by atoms with E-state index < -0.39 is 0 Å². The van der Waals surface area contributed by atoms with Gasteiger partial charge in [0.05, 0.1) is 5.92 Å². The van der Waals surface area contributed by atoms with E-state index in [1.54, 1.807) is 0 Å². The molecule has 0 bridgehead atoms. The molecule has 2 unspecified atom stereocenters. The number of hydrogen-bond donors (Lipinski definition) is 1. The average molecular weight is 184 g/mol. The molecule has 1 saturated carbocycles. The zero-order valence-electron chi connectivity index (χ0n) is 8.79. The molecule has 3 nitrogen and oxygen atoms in total. The summed E-state index contributed by atoms with van der Waals surface area (Å²) in [5.41, 5.74) is 5.64. The van der Waals surface area contributed by atoms with Crippen LogP contribution in [0.4, 0.5) is 0 Å². The van der Waals surface area contributed by atoms with Crippen molar-refractivity contribution in [2.24, 2.45) is 17.6 Å². The van der Waals surface area contributed by atoms with Crippen LogP contribution in [0.5, 0.6) is 0 Å². The molecule has 0 spiro atoms. The molecule has 2 atom stereocenters. The van der Waals surface area contributed by atoms with Crippen molar-refractivity contribution in [1.29, 1.82) is 0 Å². The maximum Gasteiger partial charge on any atom is 0.227 e. The second-order valence-electron chi connectivity index (χ2n) is 4.28. The van der Waals surface area contributed by atoms with Gasteiger partial charge in [-0.15, -0.1) is 0 Å². The molecule has 0 saturated heterocycles. The second kappa shape index (κ2) is 4.09. The van der Waals surface area contributed by atoms with Crippen LogP contribution in [0, 0.1) is 11.8 Å². The number of carbonyl (C=O) groups is 1. The summed E-state index contributed by atoms with van der Waals surface area (Å²) in [6.45, 7) is 7.94. The van der Waals surface area contributed by atoms with Crippen LogP contribution in [0.3, 0.4) is 0 Å². The first-order chi connectivity index (χ1) is 6.06. The Morgan fingerprint density at radius 1 is 1.62 bits per heavy atom. The van der Waals surface area contributed by atoms with Crippen LogP contribution in [0.15, 0.2) is 0 Å². The normalized spacial score (nSPS) is 26.2. The lowest BCUT2D eigenvalue weighted by atomic mass is 10.2. The number of nitrogens with zero attached hydrogens (tertiary/aromatic N) is 1. The molecule has 3 heteroatoms. The highest BCUT2D eigenvalue weighted by atomic mass is 16.2. The van der Waals surface area contributed by atoms with E-state index in [-0.39, 0.29) is 17.9 Å². The first kappa shape index (κ1) is 10.5. The summed E-state index contributed by atoms with van der Waals surface area (Å²) in [6, 6.07) is 0.133. The molecule has 13 heavy (non-hydrogen) atoms. The molecule has 0 aromatic heterocycles. The van der Waals surface area contributed by atoms with E-state index in [2.05, 4.69) is 13.8 Å². The molecule has 1 rings (SSSR count). The molecule has 0 aromatic carbocycles. The van der Waals surface area contributed by atoms with Crippen LogP contribution in [0.2, 0.25) is 0 Å². The maximum absolute atomic E-state index is 11.7. The Labute approximate surface area is 80.3 Å². The van der Waals surface area contributed by atoms with Crippen LogP contribution in [-0.4, -0.2) is 29.9 Å². The third-order valence-corrected chi connectivity index (χ3v) is 2.44. The van der Waals surface area contributed by atoms with Crippen molar-refractivity contribution in [3.63, 3.8) is 0 Å². The predicted octanol–water partition coefficient (Wildman–Crippen LogP) is 0.838. The summed E-state index contributed by atoms with van der Waals surface area (Å²) in [5.74, 6) is 0.918. The number of amides is 1. The lowest BCUT2D eigenvalue weighted by molar-refractivity contribution is -0.132. The summed E-state index contributed by atoms with van der Waals surface area (Å²) >= 11 is 0. The fourth-order valence-corrected chi connectivity index (χ4v) is 1.55. The first-order valence-electron chi connectivity index (χ1n) is 5.10. The SMILES string of the molecule is CCN(CC(C)C)C(=O)C1CC1N. The molecule has 1 amide bonds. The first-order valence-corrected chi connectivity index (χ1v) is 5.10. The van der Waals surface area contributed by atoms with Gasteiger partial charge in [0.2, 0.25) is 5.91 Å². The molecule has 76 valence electrons. The van der Waals surface area contributed by atoms with Gasteiger partial charge in [0, 0.05) is 19.1 Å². The largest absolute Gasteiger partial charge is 0.342 e. The summed E-state index contributed by atoms with van der Waals surface area (Å²) in [4.78, 5) is 13.6. The van der Waals surface area contributed by atoms with E-state index in [1.807, 2.05) is 11.8 Å². The molecule has 0 aromatic rings. The van der Waals surface area contributed by atoms with Crippen LogP contribution < -0.4 is 5.73 Å². The highest BCUT2D eigenvalue weighted by Gasteiger charge is 2.41. The predicted molar refractivity (Wildman–Crippen MR) is 53.2 cm³/mol. The smallest absolute Gasteiger partial charge is 0.227 e. The van der Waals surface area contributed by atoms with Gasteiger partial charge in [0.15, 0.2) is 0 Å². The summed E-state index contributed by atoms with van der Waals surface area (Å²) in [7, 11) is 0. The minimum absolute atomic E-state index is 0.124. The molecule has 2 N–H and O–H groups in total. The molecule has 0 heterocycles. The molecule has 1 fully saturated rings. The van der Waals surface area contributed by atoms with Gasteiger partial charge < -0.3 is 10.6 Å². The Morgan fingerprint density at radius 3 is 2.46 bits per heavy atom. The van der Waals surface area contributed by atoms with Crippen molar-refractivity contribution < 1.29 is 4.79 Å². The topological polar surface area (TPSA) is 46.3 Å². The van der Waals surface area contributed by atoms with Crippen LogP contribution >= 0.6 is 0 Å². The van der Waals surface area contributed by atoms with Crippen LogP contribution in [0.25, 0.3) is 0 Å². The van der Waals surface area contributed by atoms with E-state index in [0.717, 1.165) is 19.5 Å². The number of hydrogen-bond acceptors (Lipinski definition) is 2. The second-order valence-corrected chi connectivity index (χ2v) is 4.28. The van der Waals surface area contributed by atoms with Gasteiger partial charge in [-0.2, -0.15) is 0 Å². The van der Waals surface area contributed by atoms with E-state index in [4.69, 9.17) is 5.73 Å². The maximum atomic E-state index is 11.7. The number of carbonyl (C=O) groups excluding carboxylic acids is 1. The lowest BCUT2D eigenvalue weighted by Gasteiger charge is -2.22. The van der Waals surface area contributed by atoms with Gasteiger partial charge in [-0.1, -0.05) is 13.8 Å². The Kier molecular flexibility index (Phi) is 3.31. The summed E-state index contributed by atoms with van der Waals surface area (Å²) < 4.78 is 0. The fourth-order valence-electron chi connectivity index (χ4n) is 1.55. The van der Waals surface area contributed by atoms with Gasteiger partial charge in [0.25, 0.3) is 0 Å². The van der Waals surface area contributed by atoms with Crippen molar-refractivity contribution >= 4 is 5.91 Å². The van der Waals surface area contributed by atoms with Crippen LogP contribution in [0.1, 0.15) is 27.2 Å². The van der Waals surface area contributed by atoms with Crippen molar-refractivity contribution in [3.8, 4) is 0 Å². The molecular weight excluding hydrogens is 164 g/mol. The van der Waals surface area contributed by atoms with Crippen molar-refractivity contribution in [1.82, 2.24) is 4.90 Å². The quantitative estimate of drug-likeness (QED) is 0.703. The summed E-state index contributed by atoms with van der Waals surface area (Å²) in [6.07, 6.45) is 0.882. The van der Waals surface area contributed by atoms with Gasteiger partial charge in [0.1, 0.15) is 0 Å². The number of nitrogens with two attached hydrogens (primary N) is 1. The minimum atomic E-state index is 0.124. The van der Waals surface area contributed by atoms with E-state index in [1.165, 1.54) is 0 Å². The highest BCUT2D eigenvalue weighted by molar-refractivity contribution is 5.82. The van der Waals surface area contributed by atoms with Gasteiger partial charge in [-0.3, -0.25) is 4.79 Å². The third kappa shape index (κ3) is 2.69. The highest BCUT2D eigenvalue weighted by Crippen LogP contribution is 2.30. The molecule has 0 radical (unpaired) electrons. The minimum Gasteiger partial charge on any atom is -0.342 e. The average Bonchev–Trinajstić information content (AvgIpc) is 2.77. The third-order valence-electron chi connectivity index (χ3n) is 2.44. The molecule has 1 aliphatic rings. The van der Waals surface area contributed by atoms with Crippen molar-refractivity contribution in [2.45, 2.75) is 33.2 Å². The van der Waals surface area contributed by atoms with E-state index in [9.17, 15) is 4.79 Å². The van der Waals surface area contributed by atoms with Gasteiger partial charge in [-0.25, -0.2) is 0 Å². The monoisotopic (exact) mass is 184 g/mol. The molecular formula is C10H20N2O. The van der Waals surface area contributed by atoms with Gasteiger partial charge in [-0.05, 0) is 19.3 Å². The zero-order chi connectivity index (χ0) is 10.0. The Morgan fingerprint density at radius 2 is 2.15 bits per heavy atom. The van der Waals surface area contributed by atoms with E-state index >= 15 is 0 Å². The Bertz CT molecular complexity index is 191. The Balaban J connectivity index is 2.41. The summed E-state index contributed by atoms with van der Waals surface area (Å²) in [5, 5.41) is 0. The van der Waals surface area contributed by atoms with Gasteiger partial charge >= 0.3 is 0 Å². The van der Waals surface area contributed by atoms with Crippen molar-refractivity contribution in [2.75, 3.05) is 13.1 Å². The number of rotatable bonds is 4. The zero-order valence-corrected chi connectivity index (χ0v) is 8.79. The van der Waals surface area contributed by atoms with Crippen LogP contribution in [-0.2, 0) is 4.79 Å². The lowest BCUT2D eigenvalue weighted by Crippen LogP contribution is -2.36. The van der Waals surface area contributed by atoms with Crippen molar-refractivity contribution in [3.05, 3.63) is 0 Å².